The van der Waals surface area contributed by atoms with Crippen molar-refractivity contribution in [3.05, 3.63) is 28.9 Å². The largest absolute Gasteiger partial charge is 0.495 e. The maximum Gasteiger partial charge on any atom is 0.166 e. The number of hydrogen-bond acceptors (Lipinski definition) is 4. The van der Waals surface area contributed by atoms with Gasteiger partial charge in [-0.2, -0.15) is 5.10 Å². The molecule has 0 aliphatic carbocycles. The maximum atomic E-state index is 5.48. The van der Waals surface area contributed by atoms with Crippen LogP contribution in [0.1, 0.15) is 0 Å². The Hall–Kier alpha value is -1.56. The molecule has 5 nitrogen and oxygen atoms in total. The minimum absolute atomic E-state index is 0.386. The monoisotopic (exact) mass is 268 g/mol. The predicted molar refractivity (Wildman–Crippen MR) is 60.0 cm³/mol. The number of aromatic nitrogens is 3. The maximum absolute atomic E-state index is 5.48. The van der Waals surface area contributed by atoms with Gasteiger partial charge in [0.1, 0.15) is 5.75 Å². The van der Waals surface area contributed by atoms with Gasteiger partial charge in [0, 0.05) is 6.07 Å². The van der Waals surface area contributed by atoms with Gasteiger partial charge in [0.25, 0.3) is 0 Å². The molecular formula is C9H9BrN4O. The molecule has 6 heteroatoms. The highest BCUT2D eigenvalue weighted by atomic mass is 79.9. The summed E-state index contributed by atoms with van der Waals surface area (Å²) in [5, 5.41) is 8.00. The smallest absolute Gasteiger partial charge is 0.166 e. The summed E-state index contributed by atoms with van der Waals surface area (Å²) in [6.07, 6.45) is 1.49. The van der Waals surface area contributed by atoms with E-state index in [2.05, 4.69) is 26.1 Å². The number of ether oxygens (including phenoxy) is 1. The van der Waals surface area contributed by atoms with Crippen LogP contribution in [0.2, 0.25) is 0 Å². The zero-order valence-electron chi connectivity index (χ0n) is 8.01. The quantitative estimate of drug-likeness (QED) is 0.899. The highest BCUT2D eigenvalue weighted by molar-refractivity contribution is 9.10. The molecule has 0 bridgehead atoms. The first kappa shape index (κ1) is 9.97. The van der Waals surface area contributed by atoms with Crippen molar-refractivity contribution in [1.82, 2.24) is 15.0 Å². The van der Waals surface area contributed by atoms with Gasteiger partial charge < -0.3 is 10.5 Å². The Morgan fingerprint density at radius 3 is 2.87 bits per heavy atom. The van der Waals surface area contributed by atoms with Crippen LogP contribution < -0.4 is 10.5 Å². The number of methoxy groups -OCH3 is 1. The number of rotatable bonds is 2. The average Bonchev–Trinajstić information content (AvgIpc) is 2.66. The summed E-state index contributed by atoms with van der Waals surface area (Å²) in [7, 11) is 1.61. The van der Waals surface area contributed by atoms with Crippen LogP contribution in [0.25, 0.3) is 5.69 Å². The van der Waals surface area contributed by atoms with E-state index >= 15 is 0 Å². The second-order valence-electron chi connectivity index (χ2n) is 2.88. The zero-order chi connectivity index (χ0) is 10.8. The van der Waals surface area contributed by atoms with E-state index in [0.29, 0.717) is 5.82 Å². The number of nitrogens with two attached hydrogens (primary N) is 1. The molecule has 0 atom stereocenters. The Morgan fingerprint density at radius 1 is 1.47 bits per heavy atom. The Balaban J connectivity index is 2.45. The lowest BCUT2D eigenvalue weighted by Crippen LogP contribution is -2.00. The van der Waals surface area contributed by atoms with Gasteiger partial charge in [0.2, 0.25) is 0 Å². The van der Waals surface area contributed by atoms with Crippen molar-refractivity contribution in [2.75, 3.05) is 12.8 Å². The molecule has 0 aliphatic heterocycles. The average molecular weight is 269 g/mol. The molecule has 15 heavy (non-hydrogen) atoms. The Bertz CT molecular complexity index is 483. The van der Waals surface area contributed by atoms with Crippen molar-refractivity contribution in [1.29, 1.82) is 0 Å². The van der Waals surface area contributed by atoms with E-state index in [1.807, 2.05) is 18.2 Å². The van der Waals surface area contributed by atoms with Gasteiger partial charge in [-0.1, -0.05) is 0 Å². The summed E-state index contributed by atoms with van der Waals surface area (Å²) in [5.74, 6) is 1.11. The minimum Gasteiger partial charge on any atom is -0.495 e. The molecule has 2 N–H and O–H groups in total. The first-order valence-electron chi connectivity index (χ1n) is 4.22. The van der Waals surface area contributed by atoms with E-state index in [0.717, 1.165) is 15.9 Å². The summed E-state index contributed by atoms with van der Waals surface area (Å²) in [5.41, 5.74) is 6.28. The van der Waals surface area contributed by atoms with Crippen molar-refractivity contribution in [2.45, 2.75) is 0 Å². The summed E-state index contributed by atoms with van der Waals surface area (Å²) in [6.45, 7) is 0. The highest BCUT2D eigenvalue weighted by Crippen LogP contribution is 2.26. The van der Waals surface area contributed by atoms with E-state index in [4.69, 9.17) is 10.5 Å². The molecule has 2 rings (SSSR count). The van der Waals surface area contributed by atoms with Crippen LogP contribution in [0.3, 0.4) is 0 Å². The molecule has 2 aromatic rings. The fraction of sp³-hybridized carbons (Fsp3) is 0.111. The van der Waals surface area contributed by atoms with Crippen LogP contribution >= 0.6 is 15.9 Å². The van der Waals surface area contributed by atoms with E-state index in [1.165, 1.54) is 11.0 Å². The molecule has 0 radical (unpaired) electrons. The molecule has 1 aromatic heterocycles. The molecule has 1 heterocycles. The molecule has 0 saturated heterocycles. The van der Waals surface area contributed by atoms with Gasteiger partial charge in [-0.25, -0.2) is 0 Å². The summed E-state index contributed by atoms with van der Waals surface area (Å²) < 4.78 is 6.05. The van der Waals surface area contributed by atoms with Crippen molar-refractivity contribution in [2.24, 2.45) is 0 Å². The predicted octanol–water partition coefficient (Wildman–Crippen LogP) is 1.62. The van der Waals surface area contributed by atoms with Gasteiger partial charge >= 0.3 is 0 Å². The van der Waals surface area contributed by atoms with Crippen molar-refractivity contribution < 1.29 is 4.74 Å². The third-order valence-corrected chi connectivity index (χ3v) is 2.53. The first-order valence-corrected chi connectivity index (χ1v) is 5.02. The van der Waals surface area contributed by atoms with Crippen LogP contribution in [0.4, 0.5) is 5.82 Å². The van der Waals surface area contributed by atoms with E-state index in [9.17, 15) is 0 Å². The second-order valence-corrected chi connectivity index (χ2v) is 3.73. The number of benzene rings is 1. The van der Waals surface area contributed by atoms with Crippen LogP contribution in [-0.4, -0.2) is 22.1 Å². The second kappa shape index (κ2) is 3.90. The highest BCUT2D eigenvalue weighted by Gasteiger charge is 2.04. The molecule has 0 saturated carbocycles. The Labute approximate surface area is 95.0 Å². The topological polar surface area (TPSA) is 66.0 Å². The number of hydrogen-bond donors (Lipinski definition) is 1. The third-order valence-electron chi connectivity index (χ3n) is 1.88. The lowest BCUT2D eigenvalue weighted by molar-refractivity contribution is 0.411. The van der Waals surface area contributed by atoms with E-state index in [-0.39, 0.29) is 0 Å². The standard InChI is InChI=1S/C9H9BrN4O/c1-15-8-4-6(2-3-7(8)10)14-12-5-9(11)13-14/h2-5H,1H3,(H2,11,13). The van der Waals surface area contributed by atoms with Crippen LogP contribution in [0.5, 0.6) is 5.75 Å². The SMILES string of the molecule is COc1cc(-n2ncc(N)n2)ccc1Br. The van der Waals surface area contributed by atoms with Crippen LogP contribution in [0.15, 0.2) is 28.9 Å². The van der Waals surface area contributed by atoms with Crippen molar-refractivity contribution in [3.63, 3.8) is 0 Å². The summed E-state index contributed by atoms with van der Waals surface area (Å²) in [6, 6.07) is 5.56. The normalized spacial score (nSPS) is 10.3. The first-order chi connectivity index (χ1) is 7.20. The molecule has 0 fully saturated rings. The Kier molecular flexibility index (Phi) is 2.59. The van der Waals surface area contributed by atoms with Crippen LogP contribution in [0, 0.1) is 0 Å². The lowest BCUT2D eigenvalue weighted by Gasteiger charge is -2.05. The molecular weight excluding hydrogens is 260 g/mol. The molecule has 78 valence electrons. The van der Waals surface area contributed by atoms with Gasteiger partial charge in [-0.3, -0.25) is 0 Å². The molecule has 1 aromatic carbocycles. The van der Waals surface area contributed by atoms with Gasteiger partial charge in [0.05, 0.1) is 23.5 Å². The Morgan fingerprint density at radius 2 is 2.27 bits per heavy atom. The number of halogens is 1. The zero-order valence-corrected chi connectivity index (χ0v) is 9.60. The minimum atomic E-state index is 0.386. The van der Waals surface area contributed by atoms with Gasteiger partial charge in [-0.05, 0) is 28.1 Å². The van der Waals surface area contributed by atoms with Gasteiger partial charge in [0.15, 0.2) is 5.82 Å². The lowest BCUT2D eigenvalue weighted by atomic mass is 10.3. The fourth-order valence-electron chi connectivity index (χ4n) is 1.17. The molecule has 0 amide bonds. The number of nitrogen functional groups attached to an aromatic ring is 1. The fourth-order valence-corrected chi connectivity index (χ4v) is 1.58. The van der Waals surface area contributed by atoms with Gasteiger partial charge in [-0.15, -0.1) is 9.90 Å². The molecule has 0 aliphatic rings. The van der Waals surface area contributed by atoms with E-state index in [1.54, 1.807) is 7.11 Å². The van der Waals surface area contributed by atoms with Crippen LogP contribution in [-0.2, 0) is 0 Å². The van der Waals surface area contributed by atoms with Crippen molar-refractivity contribution in [3.8, 4) is 11.4 Å². The van der Waals surface area contributed by atoms with E-state index < -0.39 is 0 Å². The van der Waals surface area contributed by atoms with Crippen molar-refractivity contribution >= 4 is 21.7 Å². The number of nitrogens with zero attached hydrogens (tertiary/aromatic N) is 3. The summed E-state index contributed by atoms with van der Waals surface area (Å²) in [4.78, 5) is 1.45. The molecule has 0 unspecified atom stereocenters. The molecule has 0 spiro atoms. The number of anilines is 1. The third kappa shape index (κ3) is 1.94. The summed E-state index contributed by atoms with van der Waals surface area (Å²) >= 11 is 3.37.